The number of aromatic nitrogens is 2. The number of hydrogen-bond donors (Lipinski definition) is 2. The third-order valence-electron chi connectivity index (χ3n) is 13.3. The third kappa shape index (κ3) is 30.2. The maximum Gasteiger partial charge on any atom is 0.306 e. The van der Waals surface area contributed by atoms with E-state index in [1.807, 2.05) is 0 Å². The van der Waals surface area contributed by atoms with E-state index >= 15 is 0 Å². The number of hydrogen-bond acceptors (Lipinski definition) is 9. The minimum Gasteiger partial charge on any atom is -0.462 e. The molecule has 0 aliphatic rings. The summed E-state index contributed by atoms with van der Waals surface area (Å²) in [6.07, 6.45) is 39.2. The Labute approximate surface area is 398 Å². The van der Waals surface area contributed by atoms with E-state index in [4.69, 9.17) is 9.47 Å². The molecule has 11 nitrogen and oxygen atoms in total. The highest BCUT2D eigenvalue weighted by atomic mass is 16.5. The van der Waals surface area contributed by atoms with Crippen LogP contribution in [0.4, 0.5) is 11.4 Å². The van der Waals surface area contributed by atoms with Gasteiger partial charge in [-0.15, -0.1) is 0 Å². The fourth-order valence-electron chi connectivity index (χ4n) is 8.88. The molecule has 0 spiro atoms. The number of nitrogens with one attached hydrogen (secondary N) is 2. The number of rotatable bonds is 46. The Hall–Kier alpha value is -2.82. The molecule has 1 rings (SSSR count). The van der Waals surface area contributed by atoms with Crippen LogP contribution in [0.2, 0.25) is 0 Å². The SMILES string of the molecule is CCCCCCCCC(CC)OC(=O)CCCCCCCN(CCCCCCCC(=O)OC(CCCCCCCC)CCCCCCCC)CCCNc1c(NC)c(=O)n(C)n(C)c1=O. The zero-order valence-electron chi connectivity index (χ0n) is 43.5. The molecule has 0 bridgehead atoms. The summed E-state index contributed by atoms with van der Waals surface area (Å²) in [7, 11) is 4.88. The molecule has 1 aromatic rings. The van der Waals surface area contributed by atoms with Gasteiger partial charge in [0.25, 0.3) is 11.1 Å². The lowest BCUT2D eigenvalue weighted by atomic mass is 10.0. The number of carbonyl (C=O) groups excluding carboxylic acids is 2. The second-order valence-corrected chi connectivity index (χ2v) is 19.1. The van der Waals surface area contributed by atoms with Crippen molar-refractivity contribution in [2.45, 2.75) is 265 Å². The van der Waals surface area contributed by atoms with Crippen LogP contribution in [0.3, 0.4) is 0 Å². The largest absolute Gasteiger partial charge is 0.462 e. The first-order valence-electron chi connectivity index (χ1n) is 27.5. The Balaban J connectivity index is 2.56. The Morgan fingerprint density at radius 2 is 0.831 bits per heavy atom. The summed E-state index contributed by atoms with van der Waals surface area (Å²) < 4.78 is 14.6. The molecule has 11 heteroatoms. The van der Waals surface area contributed by atoms with Crippen LogP contribution in [-0.4, -0.2) is 71.6 Å². The van der Waals surface area contributed by atoms with E-state index in [1.165, 1.54) is 106 Å². The molecule has 2 N–H and O–H groups in total. The molecule has 1 heterocycles. The molecule has 1 unspecified atom stereocenters. The summed E-state index contributed by atoms with van der Waals surface area (Å²) in [6, 6.07) is 0. The molecule has 0 aliphatic carbocycles. The van der Waals surface area contributed by atoms with Crippen molar-refractivity contribution < 1.29 is 19.1 Å². The molecule has 65 heavy (non-hydrogen) atoms. The molecule has 0 aliphatic heterocycles. The van der Waals surface area contributed by atoms with Crippen LogP contribution in [0.15, 0.2) is 9.59 Å². The van der Waals surface area contributed by atoms with Gasteiger partial charge in [-0.1, -0.05) is 163 Å². The number of carbonyl (C=O) groups is 2. The molecule has 0 amide bonds. The monoisotopic (exact) mass is 918 g/mol. The molecule has 0 radical (unpaired) electrons. The van der Waals surface area contributed by atoms with Crippen molar-refractivity contribution in [3.05, 3.63) is 20.7 Å². The van der Waals surface area contributed by atoms with Gasteiger partial charge in [-0.2, -0.15) is 0 Å². The van der Waals surface area contributed by atoms with E-state index in [1.54, 1.807) is 21.1 Å². The first-order valence-corrected chi connectivity index (χ1v) is 27.5. The lowest BCUT2D eigenvalue weighted by molar-refractivity contribution is -0.150. The van der Waals surface area contributed by atoms with Gasteiger partial charge in [-0.3, -0.25) is 19.2 Å². The van der Waals surface area contributed by atoms with Crippen LogP contribution in [0.25, 0.3) is 0 Å². The van der Waals surface area contributed by atoms with Crippen LogP contribution in [0.1, 0.15) is 252 Å². The van der Waals surface area contributed by atoms with Gasteiger partial charge < -0.3 is 25.0 Å². The molecular weight excluding hydrogens is 815 g/mol. The van der Waals surface area contributed by atoms with Crippen molar-refractivity contribution in [1.29, 1.82) is 0 Å². The molecular formula is C54H103N5O6. The standard InChI is InChI=1S/C54H103N5O6/c1-8-12-15-18-23-30-38-47(11-4)64-49(60)41-33-26-21-28-35-44-59(46-37-43-56-52-51(55-5)53(62)57(6)58(7)54(52)63)45-36-29-22-27-34-42-50(61)65-48(39-31-24-19-16-13-9-2)40-32-25-20-17-14-10-3/h47-48,55-56H,8-46H2,1-7H3. The van der Waals surface area contributed by atoms with Gasteiger partial charge in [0.15, 0.2) is 0 Å². The maximum atomic E-state index is 13.0. The zero-order valence-corrected chi connectivity index (χ0v) is 43.5. The smallest absolute Gasteiger partial charge is 0.306 e. The third-order valence-corrected chi connectivity index (χ3v) is 13.3. The van der Waals surface area contributed by atoms with Crippen LogP contribution < -0.4 is 21.8 Å². The van der Waals surface area contributed by atoms with Gasteiger partial charge in [-0.25, -0.2) is 9.36 Å². The van der Waals surface area contributed by atoms with Crippen LogP contribution >= 0.6 is 0 Å². The predicted molar refractivity (Wildman–Crippen MR) is 275 cm³/mol. The van der Waals surface area contributed by atoms with Crippen LogP contribution in [0.5, 0.6) is 0 Å². The van der Waals surface area contributed by atoms with Gasteiger partial charge in [-0.05, 0) is 96.7 Å². The van der Waals surface area contributed by atoms with E-state index in [-0.39, 0.29) is 35.3 Å². The summed E-state index contributed by atoms with van der Waals surface area (Å²) in [5.41, 5.74) is 0.159. The quantitative estimate of drug-likeness (QED) is 0.0486. The highest BCUT2D eigenvalue weighted by molar-refractivity contribution is 5.70. The van der Waals surface area contributed by atoms with Gasteiger partial charge in [0, 0.05) is 40.5 Å². The highest BCUT2D eigenvalue weighted by Crippen LogP contribution is 2.19. The summed E-state index contributed by atoms with van der Waals surface area (Å²) in [6.45, 7) is 12.4. The average molecular weight is 918 g/mol. The first kappa shape index (κ1) is 60.2. The minimum absolute atomic E-state index is 0.00817. The van der Waals surface area contributed by atoms with Crippen molar-refractivity contribution in [2.24, 2.45) is 14.1 Å². The normalized spacial score (nSPS) is 12.0. The molecule has 1 aromatic heterocycles. The Kier molecular flexibility index (Phi) is 38.3. The molecule has 380 valence electrons. The topological polar surface area (TPSA) is 124 Å². The fourth-order valence-corrected chi connectivity index (χ4v) is 8.88. The van der Waals surface area contributed by atoms with Gasteiger partial charge in [0.2, 0.25) is 0 Å². The second kappa shape index (κ2) is 41.4. The Morgan fingerprint density at radius 1 is 0.477 bits per heavy atom. The fraction of sp³-hybridized carbons (Fsp3) is 0.889. The van der Waals surface area contributed by atoms with E-state index in [9.17, 15) is 19.2 Å². The second-order valence-electron chi connectivity index (χ2n) is 19.1. The van der Waals surface area contributed by atoms with Gasteiger partial charge in [0.05, 0.1) is 0 Å². The number of anilines is 2. The van der Waals surface area contributed by atoms with Crippen molar-refractivity contribution in [1.82, 2.24) is 14.3 Å². The van der Waals surface area contributed by atoms with Crippen LogP contribution in [0, 0.1) is 0 Å². The van der Waals surface area contributed by atoms with Crippen molar-refractivity contribution >= 4 is 23.3 Å². The number of ether oxygens (including phenoxy) is 2. The maximum absolute atomic E-state index is 13.0. The van der Waals surface area contributed by atoms with Crippen molar-refractivity contribution in [2.75, 3.05) is 43.9 Å². The Morgan fingerprint density at radius 3 is 1.26 bits per heavy atom. The minimum atomic E-state index is -0.239. The van der Waals surface area contributed by atoms with Gasteiger partial charge >= 0.3 is 11.9 Å². The summed E-state index contributed by atoms with van der Waals surface area (Å²) in [5.74, 6) is -0.0458. The first-order chi connectivity index (χ1) is 31.6. The number of nitrogens with zero attached hydrogens (tertiary/aromatic N) is 3. The zero-order chi connectivity index (χ0) is 47.8. The average Bonchev–Trinajstić information content (AvgIpc) is 3.30. The Bertz CT molecular complexity index is 1410. The molecule has 1 atom stereocenters. The van der Waals surface area contributed by atoms with Crippen molar-refractivity contribution in [3.63, 3.8) is 0 Å². The van der Waals surface area contributed by atoms with E-state index in [2.05, 4.69) is 43.2 Å². The van der Waals surface area contributed by atoms with Gasteiger partial charge in [0.1, 0.15) is 23.6 Å². The summed E-state index contributed by atoms with van der Waals surface area (Å²) >= 11 is 0. The number of unbranched alkanes of at least 4 members (excludes halogenated alkanes) is 23. The van der Waals surface area contributed by atoms with Crippen LogP contribution in [-0.2, 0) is 33.2 Å². The van der Waals surface area contributed by atoms with E-state index in [0.717, 1.165) is 135 Å². The molecule has 0 saturated heterocycles. The van der Waals surface area contributed by atoms with E-state index < -0.39 is 0 Å². The lowest BCUT2D eigenvalue weighted by Gasteiger charge is -2.23. The highest BCUT2D eigenvalue weighted by Gasteiger charge is 2.17. The van der Waals surface area contributed by atoms with E-state index in [0.29, 0.717) is 30.8 Å². The lowest BCUT2D eigenvalue weighted by Crippen LogP contribution is -2.38. The number of esters is 2. The summed E-state index contributed by atoms with van der Waals surface area (Å²) in [5, 5.41) is 6.19. The molecule has 0 saturated carbocycles. The van der Waals surface area contributed by atoms with Crippen molar-refractivity contribution in [3.8, 4) is 0 Å². The summed E-state index contributed by atoms with van der Waals surface area (Å²) in [4.78, 5) is 53.8. The molecule has 0 fully saturated rings. The predicted octanol–water partition coefficient (Wildman–Crippen LogP) is 13.4. The molecule has 0 aromatic carbocycles.